The molecule has 10 aliphatic rings. The van der Waals surface area contributed by atoms with Crippen molar-refractivity contribution in [2.24, 2.45) is 11.5 Å². The quantitative estimate of drug-likeness (QED) is 0.0506. The molecule has 6 N–H and O–H groups in total. The molecule has 0 bridgehead atoms. The van der Waals surface area contributed by atoms with Crippen LogP contribution in [-0.2, 0) is 91.6 Å². The second-order valence-corrected chi connectivity index (χ2v) is 33.6. The van der Waals surface area contributed by atoms with E-state index in [1.54, 1.807) is 0 Å². The van der Waals surface area contributed by atoms with Gasteiger partial charge in [-0.1, -0.05) is 18.9 Å². The normalized spacial score (nSPS) is 18.1. The number of hydrogen-bond acceptors (Lipinski definition) is 16. The minimum atomic E-state index is -5.10. The molecule has 0 amide bonds. The summed E-state index contributed by atoms with van der Waals surface area (Å²) >= 11 is 0. The van der Waals surface area contributed by atoms with Crippen molar-refractivity contribution in [1.82, 2.24) is 18.6 Å². The van der Waals surface area contributed by atoms with Crippen LogP contribution in [0.2, 0.25) is 0 Å². The molecule has 508 valence electrons. The Balaban J connectivity index is 0.000000158. The van der Waals surface area contributed by atoms with E-state index in [0.29, 0.717) is 48.6 Å². The SMILES string of the molecule is NCCCCCNS(=O)(=O)c1ccc(C2=c3cc4c5c(c3Oc3c2cc2c6c3CCCN6CCC2)CCC[N+]=5CCC4)c(S(=O)(=O)[O-])c1.NCCCCCNS(=O)(=O)c1ccc(S(=O)(=O)[O-])c(C2=c3cc4c5c(c3Oc3c2cc2c6c3CCCN6CCC2)CCC[N+]=5CCC4)c1. The molecule has 0 aromatic heterocycles. The number of sulfonamides is 2. The molecule has 10 heterocycles. The van der Waals surface area contributed by atoms with E-state index in [1.807, 2.05) is 0 Å². The summed E-state index contributed by atoms with van der Waals surface area (Å²) in [6, 6.07) is 16.2. The van der Waals surface area contributed by atoms with Crippen LogP contribution in [0.3, 0.4) is 0 Å². The average Bonchev–Trinajstić information content (AvgIpc) is 0.713. The summed E-state index contributed by atoms with van der Waals surface area (Å²) in [7, 11) is -18.2. The summed E-state index contributed by atoms with van der Waals surface area (Å²) < 4.78 is 156. The lowest BCUT2D eigenvalue weighted by Gasteiger charge is -2.39. The molecule has 6 aromatic carbocycles. The molecule has 0 saturated carbocycles. The summed E-state index contributed by atoms with van der Waals surface area (Å²) in [4.78, 5) is 3.59. The second kappa shape index (κ2) is 25.9. The van der Waals surface area contributed by atoms with Gasteiger partial charge in [-0.15, -0.1) is 0 Å². The van der Waals surface area contributed by atoms with Gasteiger partial charge in [-0.25, -0.2) is 52.3 Å². The van der Waals surface area contributed by atoms with Crippen molar-refractivity contribution in [2.45, 2.75) is 161 Å². The minimum absolute atomic E-state index is 0.0817. The fraction of sp³-hybridized carbons (Fsp3) is 0.472. The van der Waals surface area contributed by atoms with Gasteiger partial charge in [0.05, 0.1) is 30.7 Å². The number of fused-ring (bicyclic) bond motifs is 8. The number of nitrogens with two attached hydrogens (primary N) is 2. The summed E-state index contributed by atoms with van der Waals surface area (Å²) in [6.45, 7) is 9.40. The maximum absolute atomic E-state index is 13.6. The molecule has 6 aromatic rings. The van der Waals surface area contributed by atoms with E-state index in [4.69, 9.17) is 20.9 Å². The fourth-order valence-electron chi connectivity index (χ4n) is 17.3. The van der Waals surface area contributed by atoms with Crippen LogP contribution in [-0.4, -0.2) is 121 Å². The van der Waals surface area contributed by atoms with Crippen LogP contribution >= 0.6 is 0 Å². The van der Waals surface area contributed by atoms with Crippen LogP contribution in [0, 0.1) is 0 Å². The van der Waals surface area contributed by atoms with Gasteiger partial charge in [0.2, 0.25) is 30.8 Å². The van der Waals surface area contributed by atoms with Crippen molar-refractivity contribution in [3.05, 3.63) is 149 Å². The number of anilines is 2. The molecule has 16 rings (SSSR count). The average molecular weight is 1380 g/mol. The number of ether oxygens (including phenoxy) is 2. The van der Waals surface area contributed by atoms with Gasteiger partial charge in [-0.3, -0.25) is 0 Å². The molecule has 0 spiro atoms. The van der Waals surface area contributed by atoms with Crippen LogP contribution < -0.4 is 70.5 Å². The van der Waals surface area contributed by atoms with Gasteiger partial charge in [0, 0.05) is 142 Å². The zero-order chi connectivity index (χ0) is 66.4. The Morgan fingerprint density at radius 1 is 0.417 bits per heavy atom. The molecule has 96 heavy (non-hydrogen) atoms. The van der Waals surface area contributed by atoms with E-state index in [9.17, 15) is 42.8 Å². The maximum Gasteiger partial charge on any atom is 0.240 e. The van der Waals surface area contributed by atoms with Crippen LogP contribution in [0.1, 0.15) is 157 Å². The number of hydrogen-bond donors (Lipinski definition) is 4. The standard InChI is InChI=1S/2C36H42N4O6S2/c37-14-2-1-3-15-38-47(41,42)25-12-13-26(31(22-25)48(43,44)45)32-29-20-23-8-4-16-39-18-6-10-27(33(23)39)35(29)46-36-28-11-7-19-40-17-5-9-24(34(28)40)21-30(32)36;37-14-2-1-3-15-38-47(41,42)25-12-13-31(48(43,44)45)28(22-25)32-29-20-23-8-4-16-39-18-6-10-26(33(23)39)35(29)46-36-27-11-7-19-40-17-5-9-24(34(27)40)21-30(32)36/h2*12-13,20-22,38H,1-11,14-19,37H2. The molecular formula is C72H84N8O12S4. The van der Waals surface area contributed by atoms with Crippen molar-refractivity contribution in [2.75, 3.05) is 88.3 Å². The highest BCUT2D eigenvalue weighted by atomic mass is 32.2. The third-order valence-corrected chi connectivity index (χ3v) is 26.0. The molecule has 24 heteroatoms. The third-order valence-electron chi connectivity index (χ3n) is 21.3. The van der Waals surface area contributed by atoms with Crippen LogP contribution in [0.15, 0.2) is 80.2 Å². The lowest BCUT2D eigenvalue weighted by molar-refractivity contribution is 0.431. The van der Waals surface area contributed by atoms with Gasteiger partial charge in [0.25, 0.3) is 0 Å². The van der Waals surface area contributed by atoms with Crippen LogP contribution in [0.5, 0.6) is 23.0 Å². The van der Waals surface area contributed by atoms with Crippen molar-refractivity contribution in [3.63, 3.8) is 0 Å². The van der Waals surface area contributed by atoms with E-state index in [2.05, 4.69) is 52.7 Å². The summed E-state index contributed by atoms with van der Waals surface area (Å²) in [5.74, 6) is 2.87. The van der Waals surface area contributed by atoms with E-state index in [-0.39, 0.29) is 34.0 Å². The molecule has 0 aliphatic carbocycles. The summed E-state index contributed by atoms with van der Waals surface area (Å²) in [6.07, 6.45) is 19.3. The van der Waals surface area contributed by atoms with Crippen molar-refractivity contribution in [3.8, 4) is 23.0 Å². The first-order valence-electron chi connectivity index (χ1n) is 34.8. The predicted octanol–water partition coefficient (Wildman–Crippen LogP) is 4.87. The first-order chi connectivity index (χ1) is 46.3. The molecule has 10 aliphatic heterocycles. The van der Waals surface area contributed by atoms with Crippen molar-refractivity contribution >= 4 is 62.8 Å². The second-order valence-electron chi connectivity index (χ2n) is 27.4. The first-order valence-corrected chi connectivity index (χ1v) is 40.6. The first kappa shape index (κ1) is 65.4. The number of rotatable bonds is 18. The number of unbranched alkanes of at least 4 members (excludes halogenated alkanes) is 4. The van der Waals surface area contributed by atoms with Crippen molar-refractivity contribution in [1.29, 1.82) is 0 Å². The zero-order valence-corrected chi connectivity index (χ0v) is 57.6. The van der Waals surface area contributed by atoms with Gasteiger partial charge in [-0.05, 0) is 182 Å². The summed E-state index contributed by atoms with van der Waals surface area (Å²) in [5.41, 5.74) is 25.9. The number of nitrogens with zero attached hydrogens (tertiary/aromatic N) is 4. The maximum atomic E-state index is 13.6. The Hall–Kier alpha value is -6.58. The summed E-state index contributed by atoms with van der Waals surface area (Å²) in [5, 5.41) is 3.95. The van der Waals surface area contributed by atoms with Crippen LogP contribution in [0.4, 0.5) is 11.4 Å². The molecule has 0 fully saturated rings. The lowest BCUT2D eigenvalue weighted by Crippen LogP contribution is -2.45. The van der Waals surface area contributed by atoms with Gasteiger partial charge in [0.1, 0.15) is 69.4 Å². The van der Waals surface area contributed by atoms with Crippen LogP contribution in [0.25, 0.3) is 11.1 Å². The molecular weight excluding hydrogens is 1300 g/mol. The largest absolute Gasteiger partial charge is 0.744 e. The molecule has 0 saturated heterocycles. The number of nitrogens with one attached hydrogen (secondary N) is 2. The fourth-order valence-corrected chi connectivity index (χ4v) is 20.9. The predicted molar refractivity (Wildman–Crippen MR) is 366 cm³/mol. The highest BCUT2D eigenvalue weighted by Gasteiger charge is 2.40. The molecule has 0 unspecified atom stereocenters. The van der Waals surface area contributed by atoms with E-state index >= 15 is 0 Å². The Morgan fingerprint density at radius 2 is 0.833 bits per heavy atom. The van der Waals surface area contributed by atoms with E-state index in [1.165, 1.54) is 68.6 Å². The Bertz CT molecular complexity index is 5010. The Kier molecular flexibility index (Phi) is 17.7. The molecule has 0 atom stereocenters. The lowest BCUT2D eigenvalue weighted by atomic mass is 9.82. The van der Waals surface area contributed by atoms with E-state index in [0.717, 1.165) is 248 Å². The zero-order valence-electron chi connectivity index (χ0n) is 54.3. The van der Waals surface area contributed by atoms with Gasteiger partial charge in [0.15, 0.2) is 0 Å². The topological polar surface area (TPSA) is 290 Å². The number of aryl methyl sites for hydroxylation is 4. The Morgan fingerprint density at radius 3 is 1.30 bits per heavy atom. The minimum Gasteiger partial charge on any atom is -0.744 e. The highest BCUT2D eigenvalue weighted by molar-refractivity contribution is 7.90. The monoisotopic (exact) mass is 1380 g/mol. The molecule has 0 radical (unpaired) electrons. The number of benzene rings is 6. The van der Waals surface area contributed by atoms with Gasteiger partial charge >= 0.3 is 0 Å². The smallest absolute Gasteiger partial charge is 0.240 e. The Labute approximate surface area is 562 Å². The molecule has 20 nitrogen and oxygen atoms in total. The van der Waals surface area contributed by atoms with Crippen molar-refractivity contribution < 1.29 is 52.3 Å². The van der Waals surface area contributed by atoms with Gasteiger partial charge < -0.3 is 39.8 Å². The highest BCUT2D eigenvalue weighted by Crippen LogP contribution is 2.51. The third kappa shape index (κ3) is 11.8. The van der Waals surface area contributed by atoms with Gasteiger partial charge in [-0.2, -0.15) is 0 Å². The van der Waals surface area contributed by atoms with E-state index < -0.39 is 50.1 Å².